The number of aliphatic hydroxyl groups is 1. The molecule has 4 nitrogen and oxygen atoms in total. The fourth-order valence-corrected chi connectivity index (χ4v) is 1.22. The molecule has 54 valence electrons. The van der Waals surface area contributed by atoms with Crippen molar-refractivity contribution in [2.24, 2.45) is 0 Å². The monoisotopic (exact) mass is 139 g/mol. The number of aryl methyl sites for hydroxylation is 1. The van der Waals surface area contributed by atoms with Gasteiger partial charge in [-0.2, -0.15) is 0 Å². The molecule has 1 unspecified atom stereocenters. The van der Waals surface area contributed by atoms with E-state index in [1.165, 1.54) is 0 Å². The molecular weight excluding hydrogens is 130 g/mol. The molecular formula is C6H9N3O. The van der Waals surface area contributed by atoms with Gasteiger partial charge >= 0.3 is 0 Å². The lowest BCUT2D eigenvalue weighted by Gasteiger charge is -2.16. The minimum absolute atomic E-state index is 0.211. The predicted octanol–water partition coefficient (Wildman–Crippen LogP) is -0.415. The average Bonchev–Trinajstić information content (AvgIpc) is 2.33. The Hall–Kier alpha value is -0.900. The van der Waals surface area contributed by atoms with Gasteiger partial charge in [0.05, 0.1) is 6.10 Å². The van der Waals surface area contributed by atoms with Crippen LogP contribution in [0, 0.1) is 0 Å². The van der Waals surface area contributed by atoms with Crippen molar-refractivity contribution in [3.8, 4) is 0 Å². The van der Waals surface area contributed by atoms with E-state index in [0.717, 1.165) is 18.8 Å². The van der Waals surface area contributed by atoms with Crippen molar-refractivity contribution in [2.75, 3.05) is 0 Å². The molecule has 2 rings (SSSR count). The zero-order chi connectivity index (χ0) is 6.97. The van der Waals surface area contributed by atoms with E-state index in [1.807, 2.05) is 4.57 Å². The molecule has 10 heavy (non-hydrogen) atoms. The molecule has 0 spiro atoms. The second kappa shape index (κ2) is 2.05. The maximum atomic E-state index is 9.19. The second-order valence-corrected chi connectivity index (χ2v) is 2.59. The Kier molecular flexibility index (Phi) is 1.20. The van der Waals surface area contributed by atoms with Crippen molar-refractivity contribution in [3.05, 3.63) is 12.2 Å². The number of hydrogen-bond acceptors (Lipinski definition) is 3. The Labute approximate surface area is 58.5 Å². The van der Waals surface area contributed by atoms with E-state index in [1.54, 1.807) is 6.33 Å². The molecule has 1 aliphatic rings. The molecule has 0 amide bonds. The normalized spacial score (nSPS) is 24.3. The zero-order valence-electron chi connectivity index (χ0n) is 5.56. The SMILES string of the molecule is OC1CCn2cnnc2C1. The number of aliphatic hydroxyl groups excluding tert-OH is 1. The van der Waals surface area contributed by atoms with Gasteiger partial charge in [-0.1, -0.05) is 0 Å². The summed E-state index contributed by atoms with van der Waals surface area (Å²) in [5, 5.41) is 16.8. The Balaban J connectivity index is 2.30. The van der Waals surface area contributed by atoms with Gasteiger partial charge in [-0.15, -0.1) is 10.2 Å². The fraction of sp³-hybridized carbons (Fsp3) is 0.667. The molecule has 1 atom stereocenters. The third kappa shape index (κ3) is 0.806. The van der Waals surface area contributed by atoms with E-state index < -0.39 is 0 Å². The van der Waals surface area contributed by atoms with Gasteiger partial charge in [-0.05, 0) is 6.42 Å². The Bertz CT molecular complexity index is 233. The van der Waals surface area contributed by atoms with Gasteiger partial charge < -0.3 is 9.67 Å². The second-order valence-electron chi connectivity index (χ2n) is 2.59. The fourth-order valence-electron chi connectivity index (χ4n) is 1.22. The van der Waals surface area contributed by atoms with E-state index in [2.05, 4.69) is 10.2 Å². The Morgan fingerprint density at radius 2 is 2.60 bits per heavy atom. The number of aromatic nitrogens is 3. The number of fused-ring (bicyclic) bond motifs is 1. The first kappa shape index (κ1) is 5.85. The van der Waals surface area contributed by atoms with Crippen molar-refractivity contribution in [1.82, 2.24) is 14.8 Å². The summed E-state index contributed by atoms with van der Waals surface area (Å²) in [5.74, 6) is 0.902. The van der Waals surface area contributed by atoms with Crippen molar-refractivity contribution in [3.63, 3.8) is 0 Å². The molecule has 1 aliphatic heterocycles. The maximum absolute atomic E-state index is 9.19. The van der Waals surface area contributed by atoms with Crippen LogP contribution in [-0.4, -0.2) is 26.0 Å². The van der Waals surface area contributed by atoms with Crippen LogP contribution in [0.1, 0.15) is 12.2 Å². The lowest BCUT2D eigenvalue weighted by Crippen LogP contribution is -2.22. The van der Waals surface area contributed by atoms with E-state index in [0.29, 0.717) is 6.42 Å². The molecule has 0 aliphatic carbocycles. The first-order valence-electron chi connectivity index (χ1n) is 3.41. The third-order valence-electron chi connectivity index (χ3n) is 1.82. The Morgan fingerprint density at radius 3 is 3.50 bits per heavy atom. The van der Waals surface area contributed by atoms with E-state index in [9.17, 15) is 5.11 Å². The van der Waals surface area contributed by atoms with Gasteiger partial charge in [0.1, 0.15) is 12.2 Å². The van der Waals surface area contributed by atoms with Crippen LogP contribution in [0.3, 0.4) is 0 Å². The summed E-state index contributed by atoms with van der Waals surface area (Å²) < 4.78 is 1.98. The van der Waals surface area contributed by atoms with Crippen LogP contribution >= 0.6 is 0 Å². The largest absolute Gasteiger partial charge is 0.393 e. The summed E-state index contributed by atoms with van der Waals surface area (Å²) in [5.41, 5.74) is 0. The van der Waals surface area contributed by atoms with Gasteiger partial charge in [-0.3, -0.25) is 0 Å². The molecule has 0 aromatic carbocycles. The van der Waals surface area contributed by atoms with Gasteiger partial charge in [0.15, 0.2) is 0 Å². The van der Waals surface area contributed by atoms with Crippen LogP contribution < -0.4 is 0 Å². The highest BCUT2D eigenvalue weighted by Crippen LogP contribution is 2.10. The van der Waals surface area contributed by atoms with E-state index >= 15 is 0 Å². The number of rotatable bonds is 0. The van der Waals surface area contributed by atoms with Gasteiger partial charge in [0.2, 0.25) is 0 Å². The van der Waals surface area contributed by atoms with Crippen molar-refractivity contribution in [1.29, 1.82) is 0 Å². The standard InChI is InChI=1S/C6H9N3O/c10-5-1-2-9-4-7-8-6(9)3-5/h4-5,10H,1-3H2. The van der Waals surface area contributed by atoms with Gasteiger partial charge in [0.25, 0.3) is 0 Å². The molecule has 0 fully saturated rings. The lowest BCUT2D eigenvalue weighted by atomic mass is 10.1. The lowest BCUT2D eigenvalue weighted by molar-refractivity contribution is 0.141. The summed E-state index contributed by atoms with van der Waals surface area (Å²) in [7, 11) is 0. The quantitative estimate of drug-likeness (QED) is 0.531. The highest BCUT2D eigenvalue weighted by molar-refractivity contribution is 4.92. The van der Waals surface area contributed by atoms with Crippen LogP contribution in [0.5, 0.6) is 0 Å². The summed E-state index contributed by atoms with van der Waals surface area (Å²) in [6.45, 7) is 0.851. The smallest absolute Gasteiger partial charge is 0.135 e. The van der Waals surface area contributed by atoms with Crippen LogP contribution in [0.2, 0.25) is 0 Å². The average molecular weight is 139 g/mol. The highest BCUT2D eigenvalue weighted by atomic mass is 16.3. The Morgan fingerprint density at radius 1 is 1.70 bits per heavy atom. The van der Waals surface area contributed by atoms with E-state index in [-0.39, 0.29) is 6.10 Å². The minimum Gasteiger partial charge on any atom is -0.393 e. The summed E-state index contributed by atoms with van der Waals surface area (Å²) in [6.07, 6.45) is 2.98. The third-order valence-corrected chi connectivity index (χ3v) is 1.82. The molecule has 4 heteroatoms. The molecule has 0 saturated heterocycles. The molecule has 0 bridgehead atoms. The predicted molar refractivity (Wildman–Crippen MR) is 34.3 cm³/mol. The van der Waals surface area contributed by atoms with Gasteiger partial charge in [0, 0.05) is 13.0 Å². The topological polar surface area (TPSA) is 50.9 Å². The molecule has 1 aromatic heterocycles. The number of nitrogens with zero attached hydrogens (tertiary/aromatic N) is 3. The van der Waals surface area contributed by atoms with Crippen molar-refractivity contribution >= 4 is 0 Å². The highest BCUT2D eigenvalue weighted by Gasteiger charge is 2.16. The first-order chi connectivity index (χ1) is 4.86. The number of hydrogen-bond donors (Lipinski definition) is 1. The van der Waals surface area contributed by atoms with Crippen molar-refractivity contribution < 1.29 is 5.11 Å². The maximum Gasteiger partial charge on any atom is 0.135 e. The minimum atomic E-state index is -0.211. The molecule has 2 heterocycles. The van der Waals surface area contributed by atoms with Gasteiger partial charge in [-0.25, -0.2) is 0 Å². The summed E-state index contributed by atoms with van der Waals surface area (Å²) in [6, 6.07) is 0. The summed E-state index contributed by atoms with van der Waals surface area (Å²) >= 11 is 0. The van der Waals surface area contributed by atoms with Crippen LogP contribution in [0.25, 0.3) is 0 Å². The summed E-state index contributed by atoms with van der Waals surface area (Å²) in [4.78, 5) is 0. The molecule has 1 aromatic rings. The van der Waals surface area contributed by atoms with Crippen LogP contribution in [-0.2, 0) is 13.0 Å². The van der Waals surface area contributed by atoms with Crippen molar-refractivity contribution in [2.45, 2.75) is 25.5 Å². The van der Waals surface area contributed by atoms with Crippen LogP contribution in [0.4, 0.5) is 0 Å². The molecule has 0 saturated carbocycles. The zero-order valence-corrected chi connectivity index (χ0v) is 5.56. The molecule has 0 radical (unpaired) electrons. The van der Waals surface area contributed by atoms with E-state index in [4.69, 9.17) is 0 Å². The first-order valence-corrected chi connectivity index (χ1v) is 3.41. The molecule has 1 N–H and O–H groups in total. The van der Waals surface area contributed by atoms with Crippen LogP contribution in [0.15, 0.2) is 6.33 Å².